The summed E-state index contributed by atoms with van der Waals surface area (Å²) in [5.41, 5.74) is 0.623. The summed E-state index contributed by atoms with van der Waals surface area (Å²) >= 11 is 1.08. The van der Waals surface area contributed by atoms with Gasteiger partial charge in [-0.25, -0.2) is 4.98 Å². The van der Waals surface area contributed by atoms with Crippen molar-refractivity contribution in [3.63, 3.8) is 0 Å². The normalized spacial score (nSPS) is 10.3. The number of nitrogens with zero attached hydrogens (tertiary/aromatic N) is 3. The van der Waals surface area contributed by atoms with Crippen molar-refractivity contribution in [2.75, 3.05) is 17.6 Å². The molecule has 0 radical (unpaired) electrons. The number of aliphatic hydroxyl groups is 1. The predicted molar refractivity (Wildman–Crippen MR) is 104 cm³/mol. The van der Waals surface area contributed by atoms with Gasteiger partial charge in [0, 0.05) is 24.4 Å². The van der Waals surface area contributed by atoms with Gasteiger partial charge in [0.15, 0.2) is 5.16 Å². The van der Waals surface area contributed by atoms with E-state index < -0.39 is 4.92 Å². The van der Waals surface area contributed by atoms with Crippen LogP contribution in [0.25, 0.3) is 0 Å². The zero-order valence-corrected chi connectivity index (χ0v) is 15.6. The number of nitrogens with one attached hydrogen (secondary N) is 2. The molecule has 0 saturated heterocycles. The molecule has 2 amide bonds. The maximum Gasteiger partial charge on any atom is 0.271 e. The number of nitro groups is 1. The Bertz CT molecular complexity index is 883. The zero-order valence-electron chi connectivity index (χ0n) is 14.8. The van der Waals surface area contributed by atoms with E-state index in [4.69, 9.17) is 0 Å². The summed E-state index contributed by atoms with van der Waals surface area (Å²) in [5.74, 6) is -0.698. The maximum atomic E-state index is 12.1. The number of amides is 2. The molecule has 0 aliphatic rings. The Morgan fingerprint density at radius 1 is 1.39 bits per heavy atom. The Balaban J connectivity index is 1.99. The van der Waals surface area contributed by atoms with Crippen molar-refractivity contribution in [1.29, 1.82) is 0 Å². The van der Waals surface area contributed by atoms with Crippen LogP contribution in [0.2, 0.25) is 0 Å². The second-order valence-electron chi connectivity index (χ2n) is 5.51. The van der Waals surface area contributed by atoms with E-state index in [-0.39, 0.29) is 36.4 Å². The largest absolute Gasteiger partial charge is 0.390 e. The van der Waals surface area contributed by atoms with Crippen molar-refractivity contribution >= 4 is 35.0 Å². The van der Waals surface area contributed by atoms with Crippen LogP contribution in [0.4, 0.5) is 11.4 Å². The van der Waals surface area contributed by atoms with E-state index >= 15 is 0 Å². The standard InChI is InChI=1S/C17H19N5O5S/c1-2-6-18-15(24)9-21-14(10-23)8-19-17(21)28-11-16(25)20-12-4-3-5-13(7-12)22(26)27/h2-5,7-8,23H,1,6,9-11H2,(H,18,24)(H,20,25). The molecule has 0 saturated carbocycles. The molecule has 1 aromatic heterocycles. The number of aromatic nitrogens is 2. The van der Waals surface area contributed by atoms with E-state index in [0.29, 0.717) is 23.1 Å². The Kier molecular flexibility index (Phi) is 7.72. The molecule has 0 aliphatic carbocycles. The predicted octanol–water partition coefficient (Wildman–Crippen LogP) is 1.32. The number of aliphatic hydroxyl groups excluding tert-OH is 1. The van der Waals surface area contributed by atoms with Crippen molar-refractivity contribution in [3.05, 3.63) is 58.9 Å². The molecule has 2 rings (SSSR count). The molecule has 1 aromatic carbocycles. The van der Waals surface area contributed by atoms with Crippen molar-refractivity contribution in [1.82, 2.24) is 14.9 Å². The fourth-order valence-electron chi connectivity index (χ4n) is 2.21. The number of benzene rings is 1. The van der Waals surface area contributed by atoms with Crippen LogP contribution < -0.4 is 10.6 Å². The fourth-order valence-corrected chi connectivity index (χ4v) is 3.01. The number of hydrogen-bond donors (Lipinski definition) is 3. The molecule has 0 fully saturated rings. The smallest absolute Gasteiger partial charge is 0.271 e. The van der Waals surface area contributed by atoms with Gasteiger partial charge < -0.3 is 20.3 Å². The fraction of sp³-hybridized carbons (Fsp3) is 0.235. The topological polar surface area (TPSA) is 139 Å². The zero-order chi connectivity index (χ0) is 20.5. The van der Waals surface area contributed by atoms with E-state index in [1.54, 1.807) is 12.1 Å². The van der Waals surface area contributed by atoms with E-state index in [9.17, 15) is 24.8 Å². The first-order chi connectivity index (χ1) is 13.4. The summed E-state index contributed by atoms with van der Waals surface area (Å²) in [6.45, 7) is 3.47. The van der Waals surface area contributed by atoms with Gasteiger partial charge in [0.25, 0.3) is 5.69 Å². The van der Waals surface area contributed by atoms with Crippen LogP contribution in [0.1, 0.15) is 5.69 Å². The third-order valence-corrected chi connectivity index (χ3v) is 4.47. The van der Waals surface area contributed by atoms with Crippen LogP contribution in [-0.2, 0) is 22.7 Å². The lowest BCUT2D eigenvalue weighted by Gasteiger charge is -2.10. The number of non-ortho nitro benzene ring substituents is 1. The number of rotatable bonds is 10. The minimum atomic E-state index is -0.547. The summed E-state index contributed by atoms with van der Waals surface area (Å²) in [6, 6.07) is 5.61. The lowest BCUT2D eigenvalue weighted by Crippen LogP contribution is -2.28. The molecule has 0 spiro atoms. The van der Waals surface area contributed by atoms with E-state index in [1.165, 1.54) is 29.0 Å². The van der Waals surface area contributed by atoms with E-state index in [1.807, 2.05) is 0 Å². The highest BCUT2D eigenvalue weighted by Gasteiger charge is 2.15. The highest BCUT2D eigenvalue weighted by molar-refractivity contribution is 7.99. The summed E-state index contributed by atoms with van der Waals surface area (Å²) in [7, 11) is 0. The second kappa shape index (κ2) is 10.2. The molecule has 0 atom stereocenters. The van der Waals surface area contributed by atoms with Crippen molar-refractivity contribution < 1.29 is 19.6 Å². The molecule has 0 unspecified atom stereocenters. The number of anilines is 1. The van der Waals surface area contributed by atoms with Crippen LogP contribution >= 0.6 is 11.8 Å². The third kappa shape index (κ3) is 5.93. The Labute approximate surface area is 164 Å². The molecule has 11 heteroatoms. The first kappa shape index (κ1) is 21.1. The van der Waals surface area contributed by atoms with Crippen molar-refractivity contribution in [2.24, 2.45) is 0 Å². The first-order valence-electron chi connectivity index (χ1n) is 8.14. The molecule has 148 valence electrons. The maximum absolute atomic E-state index is 12.1. The number of carbonyl (C=O) groups is 2. The van der Waals surface area contributed by atoms with Gasteiger partial charge in [-0.3, -0.25) is 19.7 Å². The number of nitro benzene ring substituents is 1. The summed E-state index contributed by atoms with van der Waals surface area (Å²) < 4.78 is 1.52. The van der Waals surface area contributed by atoms with Gasteiger partial charge in [-0.05, 0) is 6.07 Å². The van der Waals surface area contributed by atoms with Gasteiger partial charge in [-0.2, -0.15) is 0 Å². The number of hydrogen-bond acceptors (Lipinski definition) is 7. The van der Waals surface area contributed by atoms with Crippen molar-refractivity contribution in [3.8, 4) is 0 Å². The monoisotopic (exact) mass is 405 g/mol. The molecule has 28 heavy (non-hydrogen) atoms. The average Bonchev–Trinajstić information content (AvgIpc) is 3.06. The summed E-state index contributed by atoms with van der Waals surface area (Å²) in [4.78, 5) is 38.4. The van der Waals surface area contributed by atoms with Gasteiger partial charge in [-0.1, -0.05) is 23.9 Å². The summed E-state index contributed by atoms with van der Waals surface area (Å²) in [5, 5.41) is 25.8. The number of carbonyl (C=O) groups excluding carboxylic acids is 2. The molecular formula is C17H19N5O5S. The molecule has 0 aliphatic heterocycles. The summed E-state index contributed by atoms with van der Waals surface area (Å²) in [6.07, 6.45) is 2.98. The number of imidazole rings is 1. The quantitative estimate of drug-likeness (QED) is 0.234. The lowest BCUT2D eigenvalue weighted by atomic mass is 10.3. The van der Waals surface area contributed by atoms with Crippen molar-refractivity contribution in [2.45, 2.75) is 18.3 Å². The molecule has 10 nitrogen and oxygen atoms in total. The van der Waals surface area contributed by atoms with Crippen LogP contribution in [0.3, 0.4) is 0 Å². The van der Waals surface area contributed by atoms with E-state index in [2.05, 4.69) is 22.2 Å². The van der Waals surface area contributed by atoms with Gasteiger partial charge in [-0.15, -0.1) is 6.58 Å². The van der Waals surface area contributed by atoms with Gasteiger partial charge in [0.1, 0.15) is 6.54 Å². The first-order valence-corrected chi connectivity index (χ1v) is 9.13. The minimum Gasteiger partial charge on any atom is -0.390 e. The SMILES string of the molecule is C=CCNC(=O)Cn1c(CO)cnc1SCC(=O)Nc1cccc([N+](=O)[O-])c1. The average molecular weight is 405 g/mol. The van der Waals surface area contributed by atoms with Crippen LogP contribution in [-0.4, -0.2) is 43.7 Å². The molecule has 2 aromatic rings. The van der Waals surface area contributed by atoms with Crippen LogP contribution in [0.5, 0.6) is 0 Å². The Morgan fingerprint density at radius 3 is 2.86 bits per heavy atom. The number of thioether (sulfide) groups is 1. The minimum absolute atomic E-state index is 0.0289. The lowest BCUT2D eigenvalue weighted by molar-refractivity contribution is -0.384. The highest BCUT2D eigenvalue weighted by Crippen LogP contribution is 2.21. The van der Waals surface area contributed by atoms with Crippen LogP contribution in [0, 0.1) is 10.1 Å². The second-order valence-corrected chi connectivity index (χ2v) is 6.46. The third-order valence-electron chi connectivity index (χ3n) is 3.48. The molecule has 3 N–H and O–H groups in total. The Morgan fingerprint density at radius 2 is 2.18 bits per heavy atom. The Hall–Kier alpha value is -3.18. The van der Waals surface area contributed by atoms with Gasteiger partial charge in [0.05, 0.1) is 29.2 Å². The molecular weight excluding hydrogens is 386 g/mol. The van der Waals surface area contributed by atoms with E-state index in [0.717, 1.165) is 11.8 Å². The molecule has 0 bridgehead atoms. The van der Waals surface area contributed by atoms with Crippen LogP contribution in [0.15, 0.2) is 48.3 Å². The van der Waals surface area contributed by atoms with Gasteiger partial charge >= 0.3 is 0 Å². The highest BCUT2D eigenvalue weighted by atomic mass is 32.2. The van der Waals surface area contributed by atoms with Gasteiger partial charge in [0.2, 0.25) is 11.8 Å². The molecule has 1 heterocycles.